The first-order chi connectivity index (χ1) is 15.3. The third kappa shape index (κ3) is 4.13. The monoisotopic (exact) mass is 438 g/mol. The molecule has 6 nitrogen and oxygen atoms in total. The second-order valence-corrected chi connectivity index (χ2v) is 7.06. The fraction of sp³-hybridized carbons (Fsp3) is 0.0435. The van der Waals surface area contributed by atoms with Crippen LogP contribution in [0.4, 0.5) is 18.9 Å². The minimum Gasteiger partial charge on any atom is -0.506 e. The molecule has 4 N–H and O–H groups in total. The van der Waals surface area contributed by atoms with Crippen LogP contribution in [-0.4, -0.2) is 21.8 Å². The van der Waals surface area contributed by atoms with E-state index in [-0.39, 0.29) is 29.1 Å². The molecule has 0 bridgehead atoms. The highest BCUT2D eigenvalue weighted by atomic mass is 19.2. The van der Waals surface area contributed by atoms with Crippen LogP contribution < -0.4 is 11.2 Å². The number of fused-ring (bicyclic) bond motifs is 1. The second-order valence-electron chi connectivity index (χ2n) is 7.06. The molecule has 32 heavy (non-hydrogen) atoms. The van der Waals surface area contributed by atoms with Gasteiger partial charge >= 0.3 is 0 Å². The minimum atomic E-state index is -1.24. The Balaban J connectivity index is 1.55. The molecule has 3 aromatic carbocycles. The van der Waals surface area contributed by atoms with Crippen LogP contribution >= 0.6 is 0 Å². The zero-order chi connectivity index (χ0) is 22.8. The molecular formula is C23H17F3N4O2. The fourth-order valence-electron chi connectivity index (χ4n) is 3.33. The summed E-state index contributed by atoms with van der Waals surface area (Å²) in [7, 11) is 0. The number of hydrogen-bond donors (Lipinski definition) is 3. The molecule has 4 rings (SSSR count). The van der Waals surface area contributed by atoms with E-state index in [0.29, 0.717) is 17.1 Å². The third-order valence-electron chi connectivity index (χ3n) is 4.92. The first-order valence-electron chi connectivity index (χ1n) is 9.46. The Hall–Kier alpha value is -4.27. The van der Waals surface area contributed by atoms with Crippen LogP contribution in [0.5, 0.6) is 5.75 Å². The summed E-state index contributed by atoms with van der Waals surface area (Å²) in [5.74, 6) is -3.82. The number of nitrogen functional groups attached to an aromatic ring is 1. The van der Waals surface area contributed by atoms with Crippen molar-refractivity contribution in [2.24, 2.45) is 5.10 Å². The largest absolute Gasteiger partial charge is 0.506 e. The number of hydrogen-bond acceptors (Lipinski definition) is 4. The average Bonchev–Trinajstić information content (AvgIpc) is 3.17. The summed E-state index contributed by atoms with van der Waals surface area (Å²) >= 11 is 0. The van der Waals surface area contributed by atoms with Gasteiger partial charge in [-0.2, -0.15) is 5.10 Å². The summed E-state index contributed by atoms with van der Waals surface area (Å²) in [5.41, 5.74) is 9.51. The highest BCUT2D eigenvalue weighted by Gasteiger charge is 2.13. The number of carbonyl (C=O) groups excluding carboxylic acids is 1. The van der Waals surface area contributed by atoms with Crippen molar-refractivity contribution in [3.63, 3.8) is 0 Å². The molecule has 0 fully saturated rings. The van der Waals surface area contributed by atoms with Gasteiger partial charge in [0.1, 0.15) is 11.6 Å². The van der Waals surface area contributed by atoms with Crippen molar-refractivity contribution >= 4 is 28.7 Å². The quantitative estimate of drug-likeness (QED) is 0.144. The molecule has 1 amide bonds. The van der Waals surface area contributed by atoms with Gasteiger partial charge in [-0.3, -0.25) is 4.79 Å². The van der Waals surface area contributed by atoms with E-state index >= 15 is 0 Å². The maximum absolute atomic E-state index is 14.0. The van der Waals surface area contributed by atoms with Crippen LogP contribution in [0.25, 0.3) is 10.9 Å². The molecular weight excluding hydrogens is 421 g/mol. The van der Waals surface area contributed by atoms with Gasteiger partial charge in [0.05, 0.1) is 18.4 Å². The number of aromatic hydroxyl groups is 1. The van der Waals surface area contributed by atoms with Gasteiger partial charge in [0.25, 0.3) is 5.91 Å². The van der Waals surface area contributed by atoms with Crippen LogP contribution in [0.2, 0.25) is 0 Å². The number of halogens is 3. The van der Waals surface area contributed by atoms with Gasteiger partial charge in [0.2, 0.25) is 0 Å². The molecule has 0 radical (unpaired) electrons. The van der Waals surface area contributed by atoms with Crippen LogP contribution in [0.15, 0.2) is 65.9 Å². The molecule has 0 saturated heterocycles. The van der Waals surface area contributed by atoms with Gasteiger partial charge in [0, 0.05) is 39.9 Å². The number of nitrogens with two attached hydrogens (primary N) is 1. The number of aromatic nitrogens is 1. The summed E-state index contributed by atoms with van der Waals surface area (Å²) in [6.45, 7) is -0.0659. The summed E-state index contributed by atoms with van der Waals surface area (Å²) in [5, 5.41) is 14.1. The van der Waals surface area contributed by atoms with Crippen molar-refractivity contribution in [3.05, 3.63) is 94.9 Å². The van der Waals surface area contributed by atoms with E-state index in [2.05, 4.69) is 10.5 Å². The van der Waals surface area contributed by atoms with Gasteiger partial charge in [-0.15, -0.1) is 0 Å². The SMILES string of the molecule is Nc1cc(C(=O)N/N=C/c2cccc3c2ccn3Cc2cc(F)cc(F)c2F)ccc1O. The zero-order valence-electron chi connectivity index (χ0n) is 16.5. The van der Waals surface area contributed by atoms with Crippen molar-refractivity contribution in [2.75, 3.05) is 5.73 Å². The molecule has 0 spiro atoms. The van der Waals surface area contributed by atoms with Crippen LogP contribution in [0, 0.1) is 17.5 Å². The highest BCUT2D eigenvalue weighted by Crippen LogP contribution is 2.23. The number of hydrazone groups is 1. The molecule has 0 saturated carbocycles. The number of phenols is 1. The Morgan fingerprint density at radius 1 is 1.12 bits per heavy atom. The van der Waals surface area contributed by atoms with Crippen LogP contribution in [-0.2, 0) is 6.54 Å². The minimum absolute atomic E-state index is 0.0659. The van der Waals surface area contributed by atoms with E-state index in [1.807, 2.05) is 0 Å². The number of benzene rings is 3. The van der Waals surface area contributed by atoms with Gasteiger partial charge < -0.3 is 15.4 Å². The predicted octanol–water partition coefficient (Wildman–Crippen LogP) is 4.16. The first-order valence-corrected chi connectivity index (χ1v) is 9.46. The van der Waals surface area contributed by atoms with Crippen LogP contribution in [0.1, 0.15) is 21.5 Å². The average molecular weight is 438 g/mol. The standard InChI is InChI=1S/C23H17F3N4O2/c24-16-8-15(22(26)18(25)10-16)12-30-7-6-17-14(2-1-3-20(17)30)11-28-29-23(32)13-4-5-21(31)19(27)9-13/h1-11,31H,12,27H2,(H,29,32)/b28-11+. The summed E-state index contributed by atoms with van der Waals surface area (Å²) in [6, 6.07) is 12.5. The zero-order valence-corrected chi connectivity index (χ0v) is 16.5. The van der Waals surface area contributed by atoms with Crippen molar-refractivity contribution in [1.29, 1.82) is 0 Å². The molecule has 0 atom stereocenters. The number of nitrogens with one attached hydrogen (secondary N) is 1. The molecule has 0 unspecified atom stereocenters. The summed E-state index contributed by atoms with van der Waals surface area (Å²) in [6.07, 6.45) is 3.11. The van der Waals surface area contributed by atoms with Crippen LogP contribution in [0.3, 0.4) is 0 Å². The van der Waals surface area contributed by atoms with E-state index in [1.165, 1.54) is 24.4 Å². The fourth-order valence-corrected chi connectivity index (χ4v) is 3.33. The van der Waals surface area contributed by atoms with Crippen molar-refractivity contribution in [1.82, 2.24) is 9.99 Å². The molecule has 0 aliphatic heterocycles. The van der Waals surface area contributed by atoms with E-state index in [9.17, 15) is 23.1 Å². The Bertz CT molecular complexity index is 1370. The highest BCUT2D eigenvalue weighted by molar-refractivity contribution is 6.00. The molecule has 0 aliphatic rings. The number of anilines is 1. The maximum atomic E-state index is 14.0. The Labute approximate surface area is 180 Å². The molecule has 9 heteroatoms. The summed E-state index contributed by atoms with van der Waals surface area (Å²) < 4.78 is 42.7. The van der Waals surface area contributed by atoms with Crippen molar-refractivity contribution in [3.8, 4) is 5.75 Å². The third-order valence-corrected chi connectivity index (χ3v) is 4.92. The van der Waals surface area contributed by atoms with E-state index in [1.54, 1.807) is 35.0 Å². The van der Waals surface area contributed by atoms with Gasteiger partial charge in [-0.05, 0) is 36.4 Å². The van der Waals surface area contributed by atoms with Crippen molar-refractivity contribution < 1.29 is 23.1 Å². The molecule has 1 aromatic heterocycles. The Kier molecular flexibility index (Phi) is 5.55. The first kappa shape index (κ1) is 21.0. The normalized spacial score (nSPS) is 11.3. The second kappa shape index (κ2) is 8.46. The van der Waals surface area contributed by atoms with E-state index in [0.717, 1.165) is 11.5 Å². The Morgan fingerprint density at radius 2 is 1.94 bits per heavy atom. The predicted molar refractivity (Wildman–Crippen MR) is 115 cm³/mol. The number of phenolic OH excluding ortho intramolecular Hbond substituents is 1. The lowest BCUT2D eigenvalue weighted by atomic mass is 10.1. The number of amides is 1. The number of carbonyl (C=O) groups is 1. The smallest absolute Gasteiger partial charge is 0.271 e. The van der Waals surface area contributed by atoms with Gasteiger partial charge in [-0.25, -0.2) is 18.6 Å². The van der Waals surface area contributed by atoms with E-state index < -0.39 is 23.4 Å². The lowest BCUT2D eigenvalue weighted by Crippen LogP contribution is -2.17. The topological polar surface area (TPSA) is 92.6 Å². The Morgan fingerprint density at radius 3 is 2.72 bits per heavy atom. The number of rotatable bonds is 5. The number of nitrogens with zero attached hydrogens (tertiary/aromatic N) is 2. The molecule has 4 aromatic rings. The maximum Gasteiger partial charge on any atom is 0.271 e. The molecule has 1 heterocycles. The van der Waals surface area contributed by atoms with Gasteiger partial charge in [-0.1, -0.05) is 12.1 Å². The van der Waals surface area contributed by atoms with E-state index in [4.69, 9.17) is 5.73 Å². The van der Waals surface area contributed by atoms with Crippen molar-refractivity contribution in [2.45, 2.75) is 6.54 Å². The lowest BCUT2D eigenvalue weighted by Gasteiger charge is -2.08. The summed E-state index contributed by atoms with van der Waals surface area (Å²) in [4.78, 5) is 12.2. The van der Waals surface area contributed by atoms with Gasteiger partial charge in [0.15, 0.2) is 11.6 Å². The lowest BCUT2D eigenvalue weighted by molar-refractivity contribution is 0.0955. The molecule has 162 valence electrons. The molecule has 0 aliphatic carbocycles.